The second-order valence-corrected chi connectivity index (χ2v) is 5.49. The van der Waals surface area contributed by atoms with Gasteiger partial charge in [-0.15, -0.1) is 0 Å². The fourth-order valence-electron chi connectivity index (χ4n) is 1.25. The third kappa shape index (κ3) is 3.27. The van der Waals surface area contributed by atoms with Crippen molar-refractivity contribution in [3.05, 3.63) is 44.9 Å². The Morgan fingerprint density at radius 3 is 2.72 bits per heavy atom. The van der Waals surface area contributed by atoms with Crippen molar-refractivity contribution < 1.29 is 0 Å². The van der Waals surface area contributed by atoms with E-state index in [2.05, 4.69) is 37.9 Å². The number of anilines is 2. The summed E-state index contributed by atoms with van der Waals surface area (Å²) in [4.78, 5) is 8.48. The Balaban J connectivity index is 2.23. The van der Waals surface area contributed by atoms with Crippen LogP contribution in [0, 0.1) is 3.57 Å². The highest BCUT2D eigenvalue weighted by Crippen LogP contribution is 2.26. The van der Waals surface area contributed by atoms with Crippen LogP contribution in [0.4, 0.5) is 11.5 Å². The summed E-state index contributed by atoms with van der Waals surface area (Å²) in [7, 11) is 0. The number of hydrogen-bond acceptors (Lipinski definition) is 4. The Kier molecular flexibility index (Phi) is 4.31. The smallest absolute Gasteiger partial charge is 0.148 e. The van der Waals surface area contributed by atoms with Crippen LogP contribution >= 0.6 is 46.4 Å². The molecule has 0 fully saturated rings. The summed E-state index contributed by atoms with van der Waals surface area (Å²) >= 11 is 13.1. The Hall–Kier alpha value is -0.990. The monoisotopic (exact) mass is 390 g/mol. The molecule has 1 heterocycles. The summed E-state index contributed by atoms with van der Waals surface area (Å²) in [5.74, 6) is 0.582. The average Bonchev–Trinajstić information content (AvgIpc) is 2.34. The van der Waals surface area contributed by atoms with Crippen molar-refractivity contribution in [1.29, 1.82) is 0 Å². The fraction of sp³-hybridized carbons (Fsp3) is 0. The number of thiocarbonyl (C=S) groups is 1. The van der Waals surface area contributed by atoms with Crippen LogP contribution in [0.1, 0.15) is 5.69 Å². The Labute approximate surface area is 128 Å². The minimum atomic E-state index is 0.223. The molecule has 0 spiro atoms. The van der Waals surface area contributed by atoms with E-state index >= 15 is 0 Å². The second-order valence-electron chi connectivity index (χ2n) is 3.40. The summed E-state index contributed by atoms with van der Waals surface area (Å²) in [6.45, 7) is 0. The van der Waals surface area contributed by atoms with E-state index in [1.165, 1.54) is 6.20 Å². The molecule has 0 bridgehead atoms. The molecule has 92 valence electrons. The van der Waals surface area contributed by atoms with Gasteiger partial charge in [0.2, 0.25) is 0 Å². The molecule has 0 radical (unpaired) electrons. The Morgan fingerprint density at radius 2 is 2.11 bits per heavy atom. The predicted octanol–water partition coefficient (Wildman–Crippen LogP) is 3.11. The number of aromatic nitrogens is 2. The van der Waals surface area contributed by atoms with E-state index in [-0.39, 0.29) is 4.99 Å². The van der Waals surface area contributed by atoms with Gasteiger partial charge in [0.25, 0.3) is 0 Å². The first-order chi connectivity index (χ1) is 8.56. The molecule has 2 rings (SSSR count). The van der Waals surface area contributed by atoms with E-state index < -0.39 is 0 Å². The van der Waals surface area contributed by atoms with Crippen LogP contribution in [0.25, 0.3) is 0 Å². The van der Waals surface area contributed by atoms with E-state index in [1.807, 2.05) is 18.2 Å². The molecule has 18 heavy (non-hydrogen) atoms. The van der Waals surface area contributed by atoms with E-state index in [9.17, 15) is 0 Å². The average molecular weight is 391 g/mol. The van der Waals surface area contributed by atoms with Gasteiger partial charge in [0, 0.05) is 3.57 Å². The van der Waals surface area contributed by atoms with Crippen molar-refractivity contribution >= 4 is 62.9 Å². The number of nitrogens with one attached hydrogen (secondary N) is 1. The first-order valence-electron chi connectivity index (χ1n) is 4.90. The number of nitrogens with two attached hydrogens (primary N) is 1. The lowest BCUT2D eigenvalue weighted by atomic mass is 10.3. The van der Waals surface area contributed by atoms with E-state index in [0.29, 0.717) is 16.5 Å². The highest BCUT2D eigenvalue weighted by atomic mass is 127. The van der Waals surface area contributed by atoms with Crippen molar-refractivity contribution in [3.63, 3.8) is 0 Å². The minimum Gasteiger partial charge on any atom is -0.388 e. The summed E-state index contributed by atoms with van der Waals surface area (Å²) in [5, 5.41) is 3.71. The summed E-state index contributed by atoms with van der Waals surface area (Å²) in [6.07, 6.45) is 3.08. The lowest BCUT2D eigenvalue weighted by Crippen LogP contribution is -2.12. The normalized spacial score (nSPS) is 10.1. The van der Waals surface area contributed by atoms with Gasteiger partial charge < -0.3 is 11.1 Å². The fourth-order valence-corrected chi connectivity index (χ4v) is 2.01. The number of benzene rings is 1. The van der Waals surface area contributed by atoms with Crippen molar-refractivity contribution in [1.82, 2.24) is 9.97 Å². The SMILES string of the molecule is NC(=S)c1cnc(Nc2cc(I)ccc2Cl)cn1. The molecule has 4 nitrogen and oxygen atoms in total. The van der Waals surface area contributed by atoms with E-state index in [1.54, 1.807) is 6.20 Å². The van der Waals surface area contributed by atoms with Crippen LogP contribution in [-0.4, -0.2) is 15.0 Å². The first-order valence-corrected chi connectivity index (χ1v) is 6.76. The molecule has 7 heteroatoms. The zero-order valence-electron chi connectivity index (χ0n) is 9.02. The number of rotatable bonds is 3. The van der Waals surface area contributed by atoms with Crippen LogP contribution < -0.4 is 11.1 Å². The van der Waals surface area contributed by atoms with Crippen LogP contribution in [0.15, 0.2) is 30.6 Å². The van der Waals surface area contributed by atoms with Gasteiger partial charge in [-0.05, 0) is 40.8 Å². The van der Waals surface area contributed by atoms with Gasteiger partial charge in [-0.1, -0.05) is 23.8 Å². The molecule has 0 saturated carbocycles. The molecular weight excluding hydrogens is 383 g/mol. The molecule has 0 aliphatic heterocycles. The van der Waals surface area contributed by atoms with Crippen LogP contribution in [0.5, 0.6) is 0 Å². The van der Waals surface area contributed by atoms with Crippen LogP contribution in [-0.2, 0) is 0 Å². The standard InChI is InChI=1S/C11H8ClIN4S/c12-7-2-1-6(13)3-8(7)17-10-5-15-9(4-16-10)11(14)18/h1-5H,(H2,14,18)(H,16,17). The molecule has 2 aromatic rings. The lowest BCUT2D eigenvalue weighted by Gasteiger charge is -2.08. The maximum absolute atomic E-state index is 6.07. The van der Waals surface area contributed by atoms with Crippen molar-refractivity contribution in [2.75, 3.05) is 5.32 Å². The third-order valence-corrected chi connectivity index (χ3v) is 3.31. The van der Waals surface area contributed by atoms with Gasteiger partial charge in [-0.25, -0.2) is 9.97 Å². The molecule has 0 saturated heterocycles. The molecule has 1 aromatic heterocycles. The minimum absolute atomic E-state index is 0.223. The molecule has 0 unspecified atom stereocenters. The zero-order valence-corrected chi connectivity index (χ0v) is 12.8. The number of hydrogen-bond donors (Lipinski definition) is 2. The lowest BCUT2D eigenvalue weighted by molar-refractivity contribution is 1.18. The molecular formula is C11H8ClIN4S. The van der Waals surface area contributed by atoms with E-state index in [4.69, 9.17) is 29.6 Å². The van der Waals surface area contributed by atoms with Gasteiger partial charge in [-0.2, -0.15) is 0 Å². The number of nitrogens with zero attached hydrogens (tertiary/aromatic N) is 2. The van der Waals surface area contributed by atoms with Gasteiger partial charge >= 0.3 is 0 Å². The largest absolute Gasteiger partial charge is 0.388 e. The van der Waals surface area contributed by atoms with Gasteiger partial charge in [0.05, 0.1) is 23.1 Å². The van der Waals surface area contributed by atoms with Gasteiger partial charge in [-0.3, -0.25) is 0 Å². The molecule has 3 N–H and O–H groups in total. The molecule has 0 amide bonds. The van der Waals surface area contributed by atoms with Crippen molar-refractivity contribution in [2.45, 2.75) is 0 Å². The van der Waals surface area contributed by atoms with Crippen LogP contribution in [0.2, 0.25) is 5.02 Å². The summed E-state index contributed by atoms with van der Waals surface area (Å²) < 4.78 is 1.08. The Bertz CT molecular complexity index is 588. The van der Waals surface area contributed by atoms with Gasteiger partial charge in [0.1, 0.15) is 16.5 Å². The summed E-state index contributed by atoms with van der Waals surface area (Å²) in [6, 6.07) is 5.67. The Morgan fingerprint density at radius 1 is 1.33 bits per heavy atom. The molecule has 0 aliphatic rings. The highest BCUT2D eigenvalue weighted by molar-refractivity contribution is 14.1. The summed E-state index contributed by atoms with van der Waals surface area (Å²) in [5.41, 5.74) is 6.72. The predicted molar refractivity (Wildman–Crippen MR) is 85.4 cm³/mol. The van der Waals surface area contributed by atoms with Gasteiger partial charge in [0.15, 0.2) is 0 Å². The van der Waals surface area contributed by atoms with E-state index in [0.717, 1.165) is 9.26 Å². The quantitative estimate of drug-likeness (QED) is 0.623. The van der Waals surface area contributed by atoms with Crippen molar-refractivity contribution in [2.24, 2.45) is 5.73 Å². The number of halogens is 2. The van der Waals surface area contributed by atoms with Crippen LogP contribution in [0.3, 0.4) is 0 Å². The zero-order chi connectivity index (χ0) is 13.1. The first kappa shape index (κ1) is 13.4. The molecule has 1 aromatic carbocycles. The molecule has 0 atom stereocenters. The third-order valence-electron chi connectivity index (χ3n) is 2.10. The topological polar surface area (TPSA) is 63.8 Å². The second kappa shape index (κ2) is 5.77. The maximum atomic E-state index is 6.07. The highest BCUT2D eigenvalue weighted by Gasteiger charge is 2.04. The molecule has 0 aliphatic carbocycles. The van der Waals surface area contributed by atoms with Crippen molar-refractivity contribution in [3.8, 4) is 0 Å². The maximum Gasteiger partial charge on any atom is 0.148 e.